The zero-order valence-electron chi connectivity index (χ0n) is 12.3. The quantitative estimate of drug-likeness (QED) is 0.841. The highest BCUT2D eigenvalue weighted by atomic mass is 16.5. The number of carbonyl (C=O) groups is 1. The maximum Gasteiger partial charge on any atom is 0.257 e. The molecule has 0 aliphatic rings. The fourth-order valence-corrected chi connectivity index (χ4v) is 1.98. The first-order valence-corrected chi connectivity index (χ1v) is 6.63. The van der Waals surface area contributed by atoms with E-state index in [1.165, 1.54) is 0 Å². The van der Waals surface area contributed by atoms with Crippen LogP contribution >= 0.6 is 0 Å². The number of aryl methyl sites for hydroxylation is 2. The van der Waals surface area contributed by atoms with Crippen LogP contribution in [0.3, 0.4) is 0 Å². The third kappa shape index (κ3) is 3.28. The van der Waals surface area contributed by atoms with Crippen LogP contribution in [0.2, 0.25) is 0 Å². The monoisotopic (exact) mass is 286 g/mol. The van der Waals surface area contributed by atoms with Crippen molar-refractivity contribution in [2.75, 3.05) is 18.2 Å². The topological polar surface area (TPSA) is 90.1 Å². The van der Waals surface area contributed by atoms with Gasteiger partial charge in [0.1, 0.15) is 5.75 Å². The zero-order valence-corrected chi connectivity index (χ0v) is 12.3. The van der Waals surface area contributed by atoms with E-state index < -0.39 is 0 Å². The number of nitrogens with two attached hydrogens (primary N) is 1. The molecular formula is C15H18N4O2. The van der Waals surface area contributed by atoms with Crippen molar-refractivity contribution in [3.8, 4) is 5.75 Å². The second-order valence-electron chi connectivity index (χ2n) is 4.61. The van der Waals surface area contributed by atoms with Gasteiger partial charge in [0.25, 0.3) is 5.91 Å². The Kier molecular flexibility index (Phi) is 4.37. The lowest BCUT2D eigenvalue weighted by atomic mass is 10.1. The van der Waals surface area contributed by atoms with Crippen molar-refractivity contribution in [3.63, 3.8) is 0 Å². The highest BCUT2D eigenvalue weighted by Gasteiger charge is 2.13. The number of hydrogen-bond donors (Lipinski definition) is 2. The summed E-state index contributed by atoms with van der Waals surface area (Å²) in [6, 6.07) is 6.83. The molecule has 0 fully saturated rings. The number of benzene rings is 1. The van der Waals surface area contributed by atoms with Crippen LogP contribution in [-0.4, -0.2) is 23.2 Å². The van der Waals surface area contributed by atoms with Gasteiger partial charge in [-0.25, -0.2) is 0 Å². The summed E-state index contributed by atoms with van der Waals surface area (Å²) in [7, 11) is 1.54. The molecule has 0 atom stereocenters. The Morgan fingerprint density at radius 1 is 1.33 bits per heavy atom. The van der Waals surface area contributed by atoms with Crippen LogP contribution in [0.25, 0.3) is 0 Å². The van der Waals surface area contributed by atoms with Gasteiger partial charge in [-0.3, -0.25) is 4.79 Å². The number of amides is 1. The Morgan fingerprint density at radius 3 is 2.71 bits per heavy atom. The number of nitrogens with one attached hydrogen (secondary N) is 1. The van der Waals surface area contributed by atoms with Gasteiger partial charge in [0, 0.05) is 5.69 Å². The van der Waals surface area contributed by atoms with Gasteiger partial charge in [0.15, 0.2) is 0 Å². The molecule has 0 spiro atoms. The van der Waals surface area contributed by atoms with Gasteiger partial charge in [-0.2, -0.15) is 10.2 Å². The van der Waals surface area contributed by atoms with E-state index in [0.29, 0.717) is 40.5 Å². The first kappa shape index (κ1) is 14.8. The van der Waals surface area contributed by atoms with Crippen molar-refractivity contribution >= 4 is 17.3 Å². The molecule has 1 aromatic carbocycles. The Bertz CT molecular complexity index is 671. The number of hydrogen-bond acceptors (Lipinski definition) is 5. The molecule has 110 valence electrons. The number of anilines is 2. The average Bonchev–Trinajstić information content (AvgIpc) is 2.47. The Labute approximate surface area is 123 Å². The van der Waals surface area contributed by atoms with E-state index in [0.717, 1.165) is 0 Å². The van der Waals surface area contributed by atoms with Crippen molar-refractivity contribution in [2.24, 2.45) is 0 Å². The molecule has 6 heteroatoms. The fourth-order valence-electron chi connectivity index (χ4n) is 1.98. The normalized spacial score (nSPS) is 10.2. The molecule has 3 N–H and O–H groups in total. The van der Waals surface area contributed by atoms with E-state index in [1.54, 1.807) is 38.3 Å². The highest BCUT2D eigenvalue weighted by molar-refractivity contribution is 6.05. The summed E-state index contributed by atoms with van der Waals surface area (Å²) < 4.78 is 5.09. The summed E-state index contributed by atoms with van der Waals surface area (Å²) in [5.74, 6) is 0.345. The molecule has 1 heterocycles. The molecule has 0 radical (unpaired) electrons. The largest absolute Gasteiger partial charge is 0.495 e. The van der Waals surface area contributed by atoms with E-state index in [4.69, 9.17) is 10.5 Å². The molecule has 0 unspecified atom stereocenters. The fraction of sp³-hybridized carbons (Fsp3) is 0.267. The molecule has 0 aliphatic carbocycles. The molecule has 2 rings (SSSR count). The van der Waals surface area contributed by atoms with E-state index >= 15 is 0 Å². The predicted octanol–water partition coefficient (Wildman–Crippen LogP) is 2.19. The van der Waals surface area contributed by atoms with Crippen LogP contribution in [0.1, 0.15) is 28.7 Å². The summed E-state index contributed by atoms with van der Waals surface area (Å²) in [5.41, 5.74) is 8.80. The molecular weight excluding hydrogens is 268 g/mol. The Balaban J connectivity index is 2.26. The minimum absolute atomic E-state index is 0.227. The third-order valence-electron chi connectivity index (χ3n) is 3.06. The molecule has 6 nitrogen and oxygen atoms in total. The molecule has 21 heavy (non-hydrogen) atoms. The summed E-state index contributed by atoms with van der Waals surface area (Å²) in [6.45, 7) is 3.73. The summed E-state index contributed by atoms with van der Waals surface area (Å²) in [5, 5.41) is 10.8. The summed E-state index contributed by atoms with van der Waals surface area (Å²) >= 11 is 0. The maximum atomic E-state index is 12.4. The van der Waals surface area contributed by atoms with Crippen LogP contribution in [0, 0.1) is 6.92 Å². The first-order chi connectivity index (χ1) is 10.0. The van der Waals surface area contributed by atoms with Gasteiger partial charge < -0.3 is 15.8 Å². The van der Waals surface area contributed by atoms with E-state index in [1.807, 2.05) is 6.92 Å². The van der Waals surface area contributed by atoms with Crippen LogP contribution in [0.15, 0.2) is 24.3 Å². The summed E-state index contributed by atoms with van der Waals surface area (Å²) in [6.07, 6.45) is 0.640. The second-order valence-corrected chi connectivity index (χ2v) is 4.61. The van der Waals surface area contributed by atoms with Gasteiger partial charge in [0.2, 0.25) is 0 Å². The molecule has 2 aromatic rings. The first-order valence-electron chi connectivity index (χ1n) is 6.63. The number of aromatic nitrogens is 2. The van der Waals surface area contributed by atoms with Crippen molar-refractivity contribution < 1.29 is 9.53 Å². The van der Waals surface area contributed by atoms with Gasteiger partial charge in [-0.15, -0.1) is 0 Å². The number of carbonyl (C=O) groups excluding carboxylic acids is 1. The number of nitrogens with zero attached hydrogens (tertiary/aromatic N) is 2. The van der Waals surface area contributed by atoms with Gasteiger partial charge in [0.05, 0.1) is 29.7 Å². The van der Waals surface area contributed by atoms with Crippen LogP contribution in [0.5, 0.6) is 5.75 Å². The number of rotatable bonds is 4. The van der Waals surface area contributed by atoms with Crippen LogP contribution in [0.4, 0.5) is 11.4 Å². The maximum absolute atomic E-state index is 12.4. The molecule has 1 aromatic heterocycles. The minimum atomic E-state index is -0.227. The lowest BCUT2D eigenvalue weighted by Gasteiger charge is -2.10. The van der Waals surface area contributed by atoms with E-state index in [9.17, 15) is 4.79 Å². The SMILES string of the molecule is CCc1nnc(C)cc1C(=O)Nc1ccc(OC)c(N)c1. The lowest BCUT2D eigenvalue weighted by molar-refractivity contribution is 0.102. The van der Waals surface area contributed by atoms with E-state index in [-0.39, 0.29) is 5.91 Å². The number of ether oxygens (including phenoxy) is 1. The van der Waals surface area contributed by atoms with Gasteiger partial charge in [-0.1, -0.05) is 6.92 Å². The Morgan fingerprint density at radius 2 is 2.10 bits per heavy atom. The number of nitrogen functional groups attached to an aromatic ring is 1. The lowest BCUT2D eigenvalue weighted by Crippen LogP contribution is -2.16. The van der Waals surface area contributed by atoms with Crippen molar-refractivity contribution in [3.05, 3.63) is 41.2 Å². The second kappa shape index (κ2) is 6.21. The standard InChI is InChI=1S/C15H18N4O2/c1-4-13-11(7-9(2)18-19-13)15(20)17-10-5-6-14(21-3)12(16)8-10/h5-8H,4,16H2,1-3H3,(H,17,20). The molecule has 0 saturated heterocycles. The zero-order chi connectivity index (χ0) is 15.4. The predicted molar refractivity (Wildman–Crippen MR) is 81.5 cm³/mol. The molecule has 0 aliphatic heterocycles. The van der Waals surface area contributed by atoms with Crippen LogP contribution < -0.4 is 15.8 Å². The van der Waals surface area contributed by atoms with Crippen molar-refractivity contribution in [1.29, 1.82) is 0 Å². The smallest absolute Gasteiger partial charge is 0.257 e. The Hall–Kier alpha value is -2.63. The van der Waals surface area contributed by atoms with Crippen molar-refractivity contribution in [2.45, 2.75) is 20.3 Å². The molecule has 0 bridgehead atoms. The summed E-state index contributed by atoms with van der Waals surface area (Å²) in [4.78, 5) is 12.4. The number of methoxy groups -OCH3 is 1. The van der Waals surface area contributed by atoms with Gasteiger partial charge in [-0.05, 0) is 37.6 Å². The average molecular weight is 286 g/mol. The highest BCUT2D eigenvalue weighted by Crippen LogP contribution is 2.25. The van der Waals surface area contributed by atoms with Crippen molar-refractivity contribution in [1.82, 2.24) is 10.2 Å². The molecule has 0 saturated carbocycles. The van der Waals surface area contributed by atoms with E-state index in [2.05, 4.69) is 15.5 Å². The van der Waals surface area contributed by atoms with Gasteiger partial charge >= 0.3 is 0 Å². The molecule has 1 amide bonds. The third-order valence-corrected chi connectivity index (χ3v) is 3.06. The minimum Gasteiger partial charge on any atom is -0.495 e. The van der Waals surface area contributed by atoms with Crippen LogP contribution in [-0.2, 0) is 6.42 Å².